The van der Waals surface area contributed by atoms with Gasteiger partial charge in [-0.15, -0.1) is 0 Å². The Bertz CT molecular complexity index is 187. The molecule has 0 heterocycles. The van der Waals surface area contributed by atoms with E-state index in [-0.39, 0.29) is 0 Å². The van der Waals surface area contributed by atoms with Crippen molar-refractivity contribution >= 4 is 0 Å². The van der Waals surface area contributed by atoms with Crippen LogP contribution in [0.3, 0.4) is 0 Å². The maximum absolute atomic E-state index is 9.24. The SMILES string of the molecule is OC[C@@H]1CC[C@@H]2[C@H]3CC[C@@H](C3)[C@@H]12. The van der Waals surface area contributed by atoms with Crippen LogP contribution in [0.15, 0.2) is 0 Å². The highest BCUT2D eigenvalue weighted by molar-refractivity contribution is 5.02. The lowest BCUT2D eigenvalue weighted by molar-refractivity contribution is 0.142. The lowest BCUT2D eigenvalue weighted by atomic mass is 9.78. The first-order valence-corrected chi connectivity index (χ1v) is 5.51. The standard InChI is InChI=1S/C11H18O/c12-6-9-3-4-10-7-1-2-8(5-7)11(9)10/h7-12H,1-6H2/t7-,8-,9-,10+,11-/m0/s1. The highest BCUT2D eigenvalue weighted by Gasteiger charge is 2.52. The molecular formula is C11H18O. The molecule has 3 aliphatic rings. The molecule has 0 radical (unpaired) electrons. The zero-order chi connectivity index (χ0) is 8.13. The van der Waals surface area contributed by atoms with E-state index in [1.807, 2.05) is 0 Å². The molecule has 0 aliphatic heterocycles. The first-order chi connectivity index (χ1) is 5.90. The quantitative estimate of drug-likeness (QED) is 0.632. The molecular weight excluding hydrogens is 148 g/mol. The van der Waals surface area contributed by atoms with Gasteiger partial charge in [0.05, 0.1) is 0 Å². The maximum Gasteiger partial charge on any atom is 0.0462 e. The van der Waals surface area contributed by atoms with Gasteiger partial charge in [-0.1, -0.05) is 0 Å². The van der Waals surface area contributed by atoms with Gasteiger partial charge in [0, 0.05) is 6.61 Å². The van der Waals surface area contributed by atoms with Crippen molar-refractivity contribution in [3.05, 3.63) is 0 Å². The van der Waals surface area contributed by atoms with E-state index in [1.165, 1.54) is 32.1 Å². The molecule has 0 amide bonds. The van der Waals surface area contributed by atoms with E-state index in [0.717, 1.165) is 23.7 Å². The molecule has 12 heavy (non-hydrogen) atoms. The smallest absolute Gasteiger partial charge is 0.0462 e. The Balaban J connectivity index is 1.85. The highest BCUT2D eigenvalue weighted by atomic mass is 16.3. The maximum atomic E-state index is 9.24. The number of fused-ring (bicyclic) bond motifs is 5. The molecule has 3 fully saturated rings. The summed E-state index contributed by atoms with van der Waals surface area (Å²) in [6.45, 7) is 0.463. The number of hydrogen-bond donors (Lipinski definition) is 1. The van der Waals surface area contributed by atoms with Crippen molar-refractivity contribution in [3.8, 4) is 0 Å². The zero-order valence-electron chi connectivity index (χ0n) is 7.58. The summed E-state index contributed by atoms with van der Waals surface area (Å²) in [5.74, 6) is 4.73. The average molecular weight is 166 g/mol. The van der Waals surface area contributed by atoms with Gasteiger partial charge in [0.2, 0.25) is 0 Å². The van der Waals surface area contributed by atoms with Crippen LogP contribution in [0, 0.1) is 29.6 Å². The third-order valence-corrected chi connectivity index (χ3v) is 4.81. The minimum absolute atomic E-state index is 0.463. The summed E-state index contributed by atoms with van der Waals surface area (Å²) in [6, 6.07) is 0. The second-order valence-corrected chi connectivity index (χ2v) is 5.09. The van der Waals surface area contributed by atoms with Crippen molar-refractivity contribution < 1.29 is 5.11 Å². The van der Waals surface area contributed by atoms with E-state index in [0.29, 0.717) is 12.5 Å². The van der Waals surface area contributed by atoms with Crippen molar-refractivity contribution in [1.82, 2.24) is 0 Å². The fourth-order valence-corrected chi connectivity index (χ4v) is 4.43. The van der Waals surface area contributed by atoms with E-state index in [2.05, 4.69) is 0 Å². The van der Waals surface area contributed by atoms with Crippen molar-refractivity contribution in [2.45, 2.75) is 32.1 Å². The number of rotatable bonds is 1. The van der Waals surface area contributed by atoms with Crippen LogP contribution < -0.4 is 0 Å². The first kappa shape index (κ1) is 7.37. The second kappa shape index (κ2) is 2.47. The minimum Gasteiger partial charge on any atom is -0.396 e. The largest absolute Gasteiger partial charge is 0.396 e. The molecule has 0 spiro atoms. The van der Waals surface area contributed by atoms with Gasteiger partial charge >= 0.3 is 0 Å². The molecule has 1 N–H and O–H groups in total. The number of aliphatic hydroxyl groups excluding tert-OH is 1. The van der Waals surface area contributed by atoms with Gasteiger partial charge < -0.3 is 5.11 Å². The molecule has 68 valence electrons. The molecule has 0 unspecified atom stereocenters. The Morgan fingerprint density at radius 1 is 1.00 bits per heavy atom. The fraction of sp³-hybridized carbons (Fsp3) is 1.00. The van der Waals surface area contributed by atoms with E-state index >= 15 is 0 Å². The Morgan fingerprint density at radius 3 is 2.67 bits per heavy atom. The van der Waals surface area contributed by atoms with Crippen LogP contribution in [-0.2, 0) is 0 Å². The lowest BCUT2D eigenvalue weighted by Gasteiger charge is -2.27. The molecule has 1 heteroatoms. The van der Waals surface area contributed by atoms with Crippen LogP contribution >= 0.6 is 0 Å². The van der Waals surface area contributed by atoms with Crippen molar-refractivity contribution in [1.29, 1.82) is 0 Å². The van der Waals surface area contributed by atoms with Gasteiger partial charge in [0.15, 0.2) is 0 Å². The monoisotopic (exact) mass is 166 g/mol. The fourth-order valence-electron chi connectivity index (χ4n) is 4.43. The predicted molar refractivity (Wildman–Crippen MR) is 47.6 cm³/mol. The molecule has 0 aromatic rings. The summed E-state index contributed by atoms with van der Waals surface area (Å²) >= 11 is 0. The first-order valence-electron chi connectivity index (χ1n) is 5.51. The van der Waals surface area contributed by atoms with E-state index in [9.17, 15) is 5.11 Å². The molecule has 0 aromatic carbocycles. The van der Waals surface area contributed by atoms with Crippen LogP contribution in [0.2, 0.25) is 0 Å². The summed E-state index contributed by atoms with van der Waals surface area (Å²) in [7, 11) is 0. The predicted octanol–water partition coefficient (Wildman–Crippen LogP) is 2.05. The molecule has 3 rings (SSSR count). The zero-order valence-corrected chi connectivity index (χ0v) is 7.58. The van der Waals surface area contributed by atoms with Crippen molar-refractivity contribution in [3.63, 3.8) is 0 Å². The Hall–Kier alpha value is -0.0400. The van der Waals surface area contributed by atoms with Crippen molar-refractivity contribution in [2.24, 2.45) is 29.6 Å². The third kappa shape index (κ3) is 0.783. The van der Waals surface area contributed by atoms with Crippen LogP contribution in [0.25, 0.3) is 0 Å². The summed E-state index contributed by atoms with van der Waals surface area (Å²) in [6.07, 6.45) is 7.23. The molecule has 0 saturated heterocycles. The molecule has 0 aromatic heterocycles. The van der Waals surface area contributed by atoms with Crippen LogP contribution in [0.5, 0.6) is 0 Å². The van der Waals surface area contributed by atoms with Gasteiger partial charge in [-0.05, 0) is 61.7 Å². The number of aliphatic hydroxyl groups is 1. The number of hydrogen-bond acceptors (Lipinski definition) is 1. The van der Waals surface area contributed by atoms with E-state index in [4.69, 9.17) is 0 Å². The van der Waals surface area contributed by atoms with Gasteiger partial charge in [-0.2, -0.15) is 0 Å². The topological polar surface area (TPSA) is 20.2 Å². The highest BCUT2D eigenvalue weighted by Crippen LogP contribution is 2.60. The Labute approximate surface area is 74.2 Å². The van der Waals surface area contributed by atoms with Gasteiger partial charge in [-0.25, -0.2) is 0 Å². The summed E-state index contributed by atoms with van der Waals surface area (Å²) < 4.78 is 0. The normalized spacial score (nSPS) is 56.2. The molecule has 1 nitrogen and oxygen atoms in total. The van der Waals surface area contributed by atoms with Gasteiger partial charge in [0.25, 0.3) is 0 Å². The van der Waals surface area contributed by atoms with E-state index in [1.54, 1.807) is 0 Å². The summed E-state index contributed by atoms with van der Waals surface area (Å²) in [5, 5.41) is 9.24. The van der Waals surface area contributed by atoms with Crippen molar-refractivity contribution in [2.75, 3.05) is 6.61 Å². The lowest BCUT2D eigenvalue weighted by Crippen LogP contribution is -2.23. The summed E-state index contributed by atoms with van der Waals surface area (Å²) in [4.78, 5) is 0. The van der Waals surface area contributed by atoms with Crippen LogP contribution in [-0.4, -0.2) is 11.7 Å². The summed E-state index contributed by atoms with van der Waals surface area (Å²) in [5.41, 5.74) is 0. The van der Waals surface area contributed by atoms with Gasteiger partial charge in [0.1, 0.15) is 0 Å². The average Bonchev–Trinajstić information content (AvgIpc) is 2.76. The molecule has 2 bridgehead atoms. The Morgan fingerprint density at radius 2 is 1.83 bits per heavy atom. The molecule has 5 atom stereocenters. The molecule has 3 aliphatic carbocycles. The van der Waals surface area contributed by atoms with Crippen LogP contribution in [0.4, 0.5) is 0 Å². The van der Waals surface area contributed by atoms with Crippen LogP contribution in [0.1, 0.15) is 32.1 Å². The third-order valence-electron chi connectivity index (χ3n) is 4.81. The van der Waals surface area contributed by atoms with Gasteiger partial charge in [-0.3, -0.25) is 0 Å². The Kier molecular flexibility index (Phi) is 1.52. The second-order valence-electron chi connectivity index (χ2n) is 5.09. The molecule has 3 saturated carbocycles. The minimum atomic E-state index is 0.463. The van der Waals surface area contributed by atoms with E-state index < -0.39 is 0 Å².